The molecule has 0 aliphatic carbocycles. The number of aromatic nitrogens is 1. The highest BCUT2D eigenvalue weighted by atomic mass is 19.1. The smallest absolute Gasteiger partial charge is 0.308 e. The Labute approximate surface area is 328 Å². The lowest BCUT2D eigenvalue weighted by Crippen LogP contribution is -2.28. The number of nitrogens with one attached hydrogen (secondary N) is 1. The second-order valence-electron chi connectivity index (χ2n) is 13.5. The number of esters is 1. The molecule has 1 aromatic heterocycles. The summed E-state index contributed by atoms with van der Waals surface area (Å²) in [6, 6.07) is 24.3. The Morgan fingerprint density at radius 3 is 2.14 bits per heavy atom. The SMILES string of the molecule is CC(C)c1c(C(=O)Nc2ccccc2)c(-c2ccccc2)c(-c2ccc(F)cc2)n1CC[C@@H](O)C[C@@H](O)CC(=O)OCC(CCOCCCO[N+](=O)[O-])O[N+](=O)[O-]. The molecule has 0 saturated heterocycles. The highest BCUT2D eigenvalue weighted by Gasteiger charge is 2.31. The summed E-state index contributed by atoms with van der Waals surface area (Å²) >= 11 is 0. The lowest BCUT2D eigenvalue weighted by molar-refractivity contribution is -0.769. The summed E-state index contributed by atoms with van der Waals surface area (Å²) in [4.78, 5) is 56.7. The summed E-state index contributed by atoms with van der Waals surface area (Å²) in [5.74, 6) is -1.85. The molecule has 4 aromatic rings. The van der Waals surface area contributed by atoms with E-state index < -0.39 is 53.3 Å². The van der Waals surface area contributed by atoms with E-state index in [1.54, 1.807) is 24.3 Å². The van der Waals surface area contributed by atoms with Crippen molar-refractivity contribution in [2.24, 2.45) is 0 Å². The van der Waals surface area contributed by atoms with Crippen LogP contribution in [-0.4, -0.2) is 81.6 Å². The first-order valence-corrected chi connectivity index (χ1v) is 18.5. The van der Waals surface area contributed by atoms with Gasteiger partial charge in [-0.15, -0.1) is 20.2 Å². The van der Waals surface area contributed by atoms with E-state index in [9.17, 15) is 44.4 Å². The number of benzene rings is 3. The Morgan fingerprint density at radius 2 is 1.51 bits per heavy atom. The number of carbonyl (C=O) groups is 2. The van der Waals surface area contributed by atoms with Gasteiger partial charge in [-0.25, -0.2) is 4.39 Å². The lowest BCUT2D eigenvalue weighted by Gasteiger charge is -2.20. The molecule has 3 atom stereocenters. The van der Waals surface area contributed by atoms with Crippen LogP contribution in [0.3, 0.4) is 0 Å². The number of para-hydroxylation sites is 1. The van der Waals surface area contributed by atoms with Gasteiger partial charge in [-0.05, 0) is 72.7 Å². The standard InChI is InChI=1S/C40H47FN4O12/c1-27(2)38-37(40(49)42-31-12-7-4-8-13-31)36(28-10-5-3-6-11-28)39(29-14-16-30(41)17-15-29)43(38)20-18-32(46)24-33(47)25-35(48)55-26-34(57-45(52)53)19-23-54-21-9-22-56-44(50)51/h3-8,10-17,27,32-34,46-47H,9,18-26H2,1-2H3,(H,42,49)/t32-,33-,34?/m1/s1. The van der Waals surface area contributed by atoms with Gasteiger partial charge in [-0.1, -0.05) is 62.4 Å². The third kappa shape index (κ3) is 13.7. The van der Waals surface area contributed by atoms with Crippen molar-refractivity contribution < 1.29 is 53.5 Å². The second kappa shape index (κ2) is 22.0. The molecule has 4 rings (SSSR count). The van der Waals surface area contributed by atoms with Gasteiger partial charge in [-0.3, -0.25) is 9.59 Å². The van der Waals surface area contributed by atoms with Crippen molar-refractivity contribution in [1.82, 2.24) is 4.57 Å². The van der Waals surface area contributed by atoms with Gasteiger partial charge < -0.3 is 39.2 Å². The largest absolute Gasteiger partial charge is 0.463 e. The molecule has 0 radical (unpaired) electrons. The molecule has 306 valence electrons. The summed E-state index contributed by atoms with van der Waals surface area (Å²) in [5, 5.41) is 44.0. The topological polar surface area (TPSA) is 215 Å². The number of rotatable bonds is 24. The molecular weight excluding hydrogens is 747 g/mol. The van der Waals surface area contributed by atoms with Gasteiger partial charge in [0.2, 0.25) is 0 Å². The van der Waals surface area contributed by atoms with E-state index in [0.29, 0.717) is 33.8 Å². The van der Waals surface area contributed by atoms with E-state index in [4.69, 9.17) is 9.47 Å². The molecule has 0 spiro atoms. The molecule has 57 heavy (non-hydrogen) atoms. The number of halogens is 1. The van der Waals surface area contributed by atoms with E-state index in [1.165, 1.54) is 12.1 Å². The van der Waals surface area contributed by atoms with Gasteiger partial charge in [0.05, 0.1) is 36.5 Å². The number of aliphatic hydroxyl groups excluding tert-OH is 2. The molecule has 0 fully saturated rings. The lowest BCUT2D eigenvalue weighted by atomic mass is 9.94. The minimum absolute atomic E-state index is 0.0296. The van der Waals surface area contributed by atoms with Crippen molar-refractivity contribution in [3.05, 3.63) is 122 Å². The summed E-state index contributed by atoms with van der Waals surface area (Å²) in [6.07, 6.45) is -4.07. The van der Waals surface area contributed by atoms with Gasteiger partial charge in [-0.2, -0.15) is 0 Å². The van der Waals surface area contributed by atoms with Gasteiger partial charge in [0.1, 0.15) is 18.5 Å². The number of amides is 1. The normalized spacial score (nSPS) is 12.7. The predicted molar refractivity (Wildman–Crippen MR) is 205 cm³/mol. The average molecular weight is 795 g/mol. The molecule has 17 heteroatoms. The predicted octanol–water partition coefficient (Wildman–Crippen LogP) is 6.35. The molecule has 3 aromatic carbocycles. The molecule has 3 N–H and O–H groups in total. The van der Waals surface area contributed by atoms with Crippen molar-refractivity contribution in [2.45, 2.75) is 76.7 Å². The maximum atomic E-state index is 14.3. The van der Waals surface area contributed by atoms with Crippen LogP contribution < -0.4 is 5.32 Å². The molecular formula is C40H47FN4O12. The van der Waals surface area contributed by atoms with Crippen LogP contribution in [0.2, 0.25) is 0 Å². The van der Waals surface area contributed by atoms with E-state index in [0.717, 1.165) is 5.56 Å². The Morgan fingerprint density at radius 1 is 0.842 bits per heavy atom. The fourth-order valence-electron chi connectivity index (χ4n) is 6.34. The minimum atomic E-state index is -1.33. The highest BCUT2D eigenvalue weighted by Crippen LogP contribution is 2.42. The van der Waals surface area contributed by atoms with Crippen molar-refractivity contribution in [3.8, 4) is 22.4 Å². The van der Waals surface area contributed by atoms with Gasteiger partial charge in [0, 0.05) is 43.1 Å². The summed E-state index contributed by atoms with van der Waals surface area (Å²) < 4.78 is 26.5. The molecule has 0 saturated carbocycles. The minimum Gasteiger partial charge on any atom is -0.463 e. The number of anilines is 1. The maximum Gasteiger partial charge on any atom is 0.308 e. The third-order valence-electron chi connectivity index (χ3n) is 8.80. The Hall–Kier alpha value is -5.91. The summed E-state index contributed by atoms with van der Waals surface area (Å²) in [7, 11) is 0. The first-order chi connectivity index (χ1) is 27.3. The number of hydrogen-bond donors (Lipinski definition) is 3. The van der Waals surface area contributed by atoms with E-state index in [-0.39, 0.29) is 63.9 Å². The molecule has 0 aliphatic rings. The van der Waals surface area contributed by atoms with Crippen LogP contribution in [-0.2, 0) is 30.5 Å². The van der Waals surface area contributed by atoms with Crippen LogP contribution in [0, 0.1) is 26.0 Å². The van der Waals surface area contributed by atoms with Crippen molar-refractivity contribution in [2.75, 3.05) is 31.7 Å². The maximum absolute atomic E-state index is 14.3. The molecule has 1 heterocycles. The number of aliphatic hydroxyl groups is 2. The molecule has 0 aliphatic heterocycles. The molecule has 0 bridgehead atoms. The van der Waals surface area contributed by atoms with Crippen molar-refractivity contribution in [1.29, 1.82) is 0 Å². The molecule has 1 unspecified atom stereocenters. The number of nitrogens with zero attached hydrogens (tertiary/aromatic N) is 3. The zero-order valence-electron chi connectivity index (χ0n) is 31.7. The second-order valence-corrected chi connectivity index (χ2v) is 13.5. The van der Waals surface area contributed by atoms with Gasteiger partial charge in [0.15, 0.2) is 0 Å². The van der Waals surface area contributed by atoms with Crippen LogP contribution in [0.4, 0.5) is 10.1 Å². The van der Waals surface area contributed by atoms with Gasteiger partial charge in [0.25, 0.3) is 16.1 Å². The van der Waals surface area contributed by atoms with Crippen LogP contribution in [0.5, 0.6) is 0 Å². The Balaban J connectivity index is 1.48. The van der Waals surface area contributed by atoms with Crippen LogP contribution in [0.1, 0.15) is 67.9 Å². The fourth-order valence-corrected chi connectivity index (χ4v) is 6.34. The van der Waals surface area contributed by atoms with E-state index >= 15 is 0 Å². The Kier molecular flexibility index (Phi) is 16.9. The summed E-state index contributed by atoms with van der Waals surface area (Å²) in [5.41, 5.74) is 4.36. The Bertz CT molecular complexity index is 1910. The van der Waals surface area contributed by atoms with Crippen LogP contribution in [0.25, 0.3) is 22.4 Å². The quantitative estimate of drug-likeness (QED) is 0.0306. The molecule has 16 nitrogen and oxygen atoms in total. The average Bonchev–Trinajstić information content (AvgIpc) is 3.52. The zero-order chi connectivity index (χ0) is 41.3. The first kappa shape index (κ1) is 43.8. The van der Waals surface area contributed by atoms with Crippen LogP contribution in [0.15, 0.2) is 84.9 Å². The highest BCUT2D eigenvalue weighted by molar-refractivity contribution is 6.12. The van der Waals surface area contributed by atoms with Gasteiger partial charge >= 0.3 is 5.97 Å². The van der Waals surface area contributed by atoms with Crippen molar-refractivity contribution in [3.63, 3.8) is 0 Å². The van der Waals surface area contributed by atoms with Crippen molar-refractivity contribution >= 4 is 17.6 Å². The third-order valence-corrected chi connectivity index (χ3v) is 8.80. The van der Waals surface area contributed by atoms with E-state index in [2.05, 4.69) is 15.0 Å². The first-order valence-electron chi connectivity index (χ1n) is 18.5. The van der Waals surface area contributed by atoms with Crippen LogP contribution >= 0.6 is 0 Å². The fraction of sp³-hybridized carbons (Fsp3) is 0.400. The zero-order valence-corrected chi connectivity index (χ0v) is 31.7. The molecule has 1 amide bonds. The number of carbonyl (C=O) groups excluding carboxylic acids is 2. The number of ether oxygens (including phenoxy) is 2. The van der Waals surface area contributed by atoms with E-state index in [1.807, 2.05) is 66.9 Å². The summed E-state index contributed by atoms with van der Waals surface area (Å²) in [6.45, 7) is 3.45. The monoisotopic (exact) mass is 794 g/mol. The number of hydrogen-bond acceptors (Lipinski definition) is 12.